The average molecular weight is 182 g/mol. The molecule has 2 nitrogen and oxygen atoms in total. The fourth-order valence-electron chi connectivity index (χ4n) is 1.48. The SMILES string of the molecule is C/C(C#N)=C\c1c[nH]c2ccccc12. The molecule has 14 heavy (non-hydrogen) atoms. The number of nitrogens with one attached hydrogen (secondary N) is 1. The molecule has 0 aliphatic carbocycles. The van der Waals surface area contributed by atoms with Gasteiger partial charge in [0, 0.05) is 28.2 Å². The van der Waals surface area contributed by atoms with Crippen LogP contribution >= 0.6 is 0 Å². The zero-order chi connectivity index (χ0) is 9.97. The maximum atomic E-state index is 8.68. The Kier molecular flexibility index (Phi) is 2.08. The third kappa shape index (κ3) is 1.40. The van der Waals surface area contributed by atoms with Crippen molar-refractivity contribution in [3.63, 3.8) is 0 Å². The molecule has 68 valence electrons. The molecule has 0 amide bonds. The summed E-state index contributed by atoms with van der Waals surface area (Å²) < 4.78 is 0. The van der Waals surface area contributed by atoms with E-state index >= 15 is 0 Å². The van der Waals surface area contributed by atoms with Crippen molar-refractivity contribution in [2.24, 2.45) is 0 Å². The van der Waals surface area contributed by atoms with Crippen LogP contribution in [0.3, 0.4) is 0 Å². The standard InChI is InChI=1S/C12H10N2/c1-9(7-13)6-10-8-14-12-5-3-2-4-11(10)12/h2-6,8,14H,1H3/b9-6+. The van der Waals surface area contributed by atoms with Crippen LogP contribution in [0.1, 0.15) is 12.5 Å². The lowest BCUT2D eigenvalue weighted by Gasteiger charge is -1.90. The molecule has 0 atom stereocenters. The second-order valence-electron chi connectivity index (χ2n) is 3.23. The number of rotatable bonds is 1. The number of nitrogens with zero attached hydrogens (tertiary/aromatic N) is 1. The van der Waals surface area contributed by atoms with Crippen LogP contribution in [0.2, 0.25) is 0 Å². The van der Waals surface area contributed by atoms with Crippen molar-refractivity contribution in [2.45, 2.75) is 6.92 Å². The highest BCUT2D eigenvalue weighted by atomic mass is 14.7. The van der Waals surface area contributed by atoms with E-state index in [4.69, 9.17) is 5.26 Å². The molecule has 0 aliphatic heterocycles. The van der Waals surface area contributed by atoms with Crippen molar-refractivity contribution in [3.05, 3.63) is 41.6 Å². The lowest BCUT2D eigenvalue weighted by Crippen LogP contribution is -1.70. The molecular weight excluding hydrogens is 172 g/mol. The van der Waals surface area contributed by atoms with E-state index in [1.165, 1.54) is 0 Å². The van der Waals surface area contributed by atoms with E-state index in [9.17, 15) is 0 Å². The summed E-state index contributed by atoms with van der Waals surface area (Å²) in [5, 5.41) is 9.83. The number of aromatic nitrogens is 1. The minimum absolute atomic E-state index is 0.717. The van der Waals surface area contributed by atoms with Crippen molar-refractivity contribution < 1.29 is 0 Å². The van der Waals surface area contributed by atoms with Crippen molar-refractivity contribution in [1.82, 2.24) is 4.98 Å². The van der Waals surface area contributed by atoms with E-state index in [1.54, 1.807) is 0 Å². The number of nitriles is 1. The second-order valence-corrected chi connectivity index (χ2v) is 3.23. The first-order chi connectivity index (χ1) is 6.81. The molecule has 0 saturated heterocycles. The molecule has 1 aromatic carbocycles. The molecule has 1 N–H and O–H groups in total. The van der Waals surface area contributed by atoms with Crippen LogP contribution < -0.4 is 0 Å². The Hall–Kier alpha value is -2.01. The van der Waals surface area contributed by atoms with Gasteiger partial charge in [-0.05, 0) is 19.1 Å². The number of aromatic amines is 1. The van der Waals surface area contributed by atoms with Gasteiger partial charge < -0.3 is 4.98 Å². The predicted molar refractivity (Wildman–Crippen MR) is 57.6 cm³/mol. The Morgan fingerprint density at radius 2 is 2.21 bits per heavy atom. The number of hydrogen-bond acceptors (Lipinski definition) is 1. The number of hydrogen-bond donors (Lipinski definition) is 1. The Labute approximate surface area is 82.5 Å². The van der Waals surface area contributed by atoms with Gasteiger partial charge in [0.15, 0.2) is 0 Å². The highest BCUT2D eigenvalue weighted by Gasteiger charge is 1.99. The summed E-state index contributed by atoms with van der Waals surface area (Å²) in [7, 11) is 0. The molecular formula is C12H10N2. The quantitative estimate of drug-likeness (QED) is 0.676. The van der Waals surface area contributed by atoms with Gasteiger partial charge in [0.1, 0.15) is 0 Å². The van der Waals surface area contributed by atoms with Crippen molar-refractivity contribution in [1.29, 1.82) is 5.26 Å². The zero-order valence-corrected chi connectivity index (χ0v) is 7.91. The molecule has 0 aliphatic rings. The van der Waals surface area contributed by atoms with Crippen molar-refractivity contribution >= 4 is 17.0 Å². The molecule has 0 saturated carbocycles. The van der Waals surface area contributed by atoms with E-state index in [0.29, 0.717) is 0 Å². The summed E-state index contributed by atoms with van der Waals surface area (Å²) in [5.74, 6) is 0. The zero-order valence-electron chi connectivity index (χ0n) is 7.91. The van der Waals surface area contributed by atoms with Gasteiger partial charge in [0.05, 0.1) is 6.07 Å². The first-order valence-corrected chi connectivity index (χ1v) is 4.46. The molecule has 0 unspecified atom stereocenters. The molecule has 2 aromatic rings. The highest BCUT2D eigenvalue weighted by Crippen LogP contribution is 2.19. The van der Waals surface area contributed by atoms with Crippen LogP contribution in [0.4, 0.5) is 0 Å². The summed E-state index contributed by atoms with van der Waals surface area (Å²) in [6, 6.07) is 10.2. The minimum atomic E-state index is 0.717. The topological polar surface area (TPSA) is 39.6 Å². The average Bonchev–Trinajstić information content (AvgIpc) is 2.62. The van der Waals surface area contributed by atoms with Gasteiger partial charge in [-0.25, -0.2) is 0 Å². The van der Waals surface area contributed by atoms with E-state index < -0.39 is 0 Å². The summed E-state index contributed by atoms with van der Waals surface area (Å²) in [5.41, 5.74) is 2.89. The number of allylic oxidation sites excluding steroid dienone is 1. The fourth-order valence-corrected chi connectivity index (χ4v) is 1.48. The molecule has 0 radical (unpaired) electrons. The molecule has 1 aromatic heterocycles. The summed E-state index contributed by atoms with van der Waals surface area (Å²) in [4.78, 5) is 3.16. The molecule has 2 rings (SSSR count). The smallest absolute Gasteiger partial charge is 0.0944 e. The summed E-state index contributed by atoms with van der Waals surface area (Å²) in [6.07, 6.45) is 3.81. The van der Waals surface area contributed by atoms with Crippen molar-refractivity contribution in [2.75, 3.05) is 0 Å². The Balaban J connectivity index is 2.60. The van der Waals surface area contributed by atoms with E-state index in [2.05, 4.69) is 11.1 Å². The number of fused-ring (bicyclic) bond motifs is 1. The first kappa shape index (κ1) is 8.58. The van der Waals surface area contributed by atoms with Crippen LogP contribution in [-0.4, -0.2) is 4.98 Å². The molecule has 0 fully saturated rings. The second kappa shape index (κ2) is 3.39. The molecule has 1 heterocycles. The van der Waals surface area contributed by atoms with Gasteiger partial charge in [-0.2, -0.15) is 5.26 Å². The van der Waals surface area contributed by atoms with Gasteiger partial charge in [0.25, 0.3) is 0 Å². The fraction of sp³-hybridized carbons (Fsp3) is 0.0833. The maximum Gasteiger partial charge on any atom is 0.0944 e. The minimum Gasteiger partial charge on any atom is -0.361 e. The monoisotopic (exact) mass is 182 g/mol. The predicted octanol–water partition coefficient (Wildman–Crippen LogP) is 3.09. The summed E-state index contributed by atoms with van der Waals surface area (Å²) in [6.45, 7) is 1.81. The van der Waals surface area contributed by atoms with E-state index in [1.807, 2.05) is 43.5 Å². The highest BCUT2D eigenvalue weighted by molar-refractivity contribution is 5.89. The van der Waals surface area contributed by atoms with Gasteiger partial charge in [-0.15, -0.1) is 0 Å². The third-order valence-electron chi connectivity index (χ3n) is 2.17. The normalized spacial score (nSPS) is 11.6. The lowest BCUT2D eigenvalue weighted by molar-refractivity contribution is 1.45. The molecule has 0 spiro atoms. The van der Waals surface area contributed by atoms with Crippen molar-refractivity contribution in [3.8, 4) is 6.07 Å². The Morgan fingerprint density at radius 1 is 1.43 bits per heavy atom. The van der Waals surface area contributed by atoms with E-state index in [-0.39, 0.29) is 0 Å². The number of H-pyrrole nitrogens is 1. The lowest BCUT2D eigenvalue weighted by atomic mass is 10.1. The molecule has 0 bridgehead atoms. The van der Waals surface area contributed by atoms with Crippen LogP contribution in [0.5, 0.6) is 0 Å². The number of para-hydroxylation sites is 1. The van der Waals surface area contributed by atoms with Gasteiger partial charge >= 0.3 is 0 Å². The largest absolute Gasteiger partial charge is 0.361 e. The van der Waals surface area contributed by atoms with E-state index in [0.717, 1.165) is 22.0 Å². The van der Waals surface area contributed by atoms with Gasteiger partial charge in [-0.3, -0.25) is 0 Å². The van der Waals surface area contributed by atoms with Crippen LogP contribution in [0, 0.1) is 11.3 Å². The van der Waals surface area contributed by atoms with Gasteiger partial charge in [-0.1, -0.05) is 18.2 Å². The first-order valence-electron chi connectivity index (χ1n) is 4.46. The maximum absolute atomic E-state index is 8.68. The van der Waals surface area contributed by atoms with Gasteiger partial charge in [0.2, 0.25) is 0 Å². The number of benzene rings is 1. The van der Waals surface area contributed by atoms with Crippen LogP contribution in [0.15, 0.2) is 36.0 Å². The van der Waals surface area contributed by atoms with Crippen LogP contribution in [-0.2, 0) is 0 Å². The summed E-state index contributed by atoms with van der Waals surface area (Å²) >= 11 is 0. The third-order valence-corrected chi connectivity index (χ3v) is 2.17. The van der Waals surface area contributed by atoms with Crippen LogP contribution in [0.25, 0.3) is 17.0 Å². The molecule has 2 heteroatoms. The Morgan fingerprint density at radius 3 is 3.00 bits per heavy atom. The Bertz CT molecular complexity index is 526.